The van der Waals surface area contributed by atoms with Crippen LogP contribution >= 0.6 is 15.9 Å². The van der Waals surface area contributed by atoms with Gasteiger partial charge in [0.15, 0.2) is 0 Å². The molecule has 0 aliphatic carbocycles. The SMILES string of the molecule is Cc1cccc(NS(=O)(=O)c2cc(C(=O)Nc3ccc(Br)c(C)c3)ccc2C)c1. The molecule has 0 heterocycles. The molecule has 0 aromatic heterocycles. The Morgan fingerprint density at radius 1 is 0.862 bits per heavy atom. The average molecular weight is 473 g/mol. The predicted octanol–water partition coefficient (Wildman–Crippen LogP) is 5.43. The van der Waals surface area contributed by atoms with Crippen molar-refractivity contribution in [2.75, 3.05) is 10.0 Å². The lowest BCUT2D eigenvalue weighted by molar-refractivity contribution is 0.102. The number of carbonyl (C=O) groups excluding carboxylic acids is 1. The first-order valence-electron chi connectivity index (χ1n) is 8.93. The van der Waals surface area contributed by atoms with Crippen molar-refractivity contribution in [2.24, 2.45) is 0 Å². The molecule has 0 aliphatic rings. The minimum Gasteiger partial charge on any atom is -0.322 e. The minimum absolute atomic E-state index is 0.0682. The molecule has 1 amide bonds. The maximum absolute atomic E-state index is 12.9. The highest BCUT2D eigenvalue weighted by Crippen LogP contribution is 2.23. The average Bonchev–Trinajstić information content (AvgIpc) is 2.64. The molecule has 3 rings (SSSR count). The zero-order valence-corrected chi connectivity index (χ0v) is 18.7. The topological polar surface area (TPSA) is 75.3 Å². The highest BCUT2D eigenvalue weighted by Gasteiger charge is 2.19. The quantitative estimate of drug-likeness (QED) is 0.519. The normalized spacial score (nSPS) is 11.2. The monoisotopic (exact) mass is 472 g/mol. The summed E-state index contributed by atoms with van der Waals surface area (Å²) in [5.74, 6) is -0.376. The first kappa shape index (κ1) is 21.1. The Kier molecular flexibility index (Phi) is 6.10. The van der Waals surface area contributed by atoms with Crippen LogP contribution in [0.5, 0.6) is 0 Å². The molecule has 0 aliphatic heterocycles. The van der Waals surface area contributed by atoms with Gasteiger partial charge in [0.05, 0.1) is 4.90 Å². The second-order valence-corrected chi connectivity index (χ2v) is 9.38. The first-order valence-corrected chi connectivity index (χ1v) is 11.2. The summed E-state index contributed by atoms with van der Waals surface area (Å²) in [7, 11) is -3.84. The Bertz CT molecular complexity index is 1190. The van der Waals surface area contributed by atoms with Gasteiger partial charge in [0.2, 0.25) is 0 Å². The number of hydrogen-bond acceptors (Lipinski definition) is 3. The van der Waals surface area contributed by atoms with Gasteiger partial charge in [-0.05, 0) is 79.9 Å². The van der Waals surface area contributed by atoms with Crippen molar-refractivity contribution in [3.05, 3.63) is 87.4 Å². The third-order valence-corrected chi connectivity index (χ3v) is 6.84. The number of sulfonamides is 1. The van der Waals surface area contributed by atoms with Gasteiger partial charge >= 0.3 is 0 Å². The van der Waals surface area contributed by atoms with Crippen LogP contribution in [0.1, 0.15) is 27.0 Å². The number of nitrogens with one attached hydrogen (secondary N) is 2. The van der Waals surface area contributed by atoms with Crippen LogP contribution in [-0.4, -0.2) is 14.3 Å². The molecule has 29 heavy (non-hydrogen) atoms. The number of rotatable bonds is 5. The lowest BCUT2D eigenvalue weighted by Gasteiger charge is -2.13. The number of amides is 1. The zero-order chi connectivity index (χ0) is 21.2. The van der Waals surface area contributed by atoms with Crippen LogP contribution < -0.4 is 10.0 Å². The largest absolute Gasteiger partial charge is 0.322 e. The molecule has 3 aromatic carbocycles. The van der Waals surface area contributed by atoms with Crippen LogP contribution in [0.3, 0.4) is 0 Å². The molecule has 0 saturated carbocycles. The van der Waals surface area contributed by atoms with Gasteiger partial charge in [0.25, 0.3) is 15.9 Å². The van der Waals surface area contributed by atoms with E-state index in [0.29, 0.717) is 16.9 Å². The van der Waals surface area contributed by atoms with Crippen molar-refractivity contribution in [3.8, 4) is 0 Å². The van der Waals surface area contributed by atoms with Gasteiger partial charge in [-0.1, -0.05) is 34.1 Å². The molecule has 2 N–H and O–H groups in total. The van der Waals surface area contributed by atoms with Crippen molar-refractivity contribution in [2.45, 2.75) is 25.7 Å². The van der Waals surface area contributed by atoms with Crippen LogP contribution in [0.4, 0.5) is 11.4 Å². The van der Waals surface area contributed by atoms with E-state index in [1.165, 1.54) is 6.07 Å². The second kappa shape index (κ2) is 8.39. The third-order valence-electron chi connectivity index (χ3n) is 4.43. The summed E-state index contributed by atoms with van der Waals surface area (Å²) in [6.07, 6.45) is 0. The number of halogens is 1. The highest BCUT2D eigenvalue weighted by molar-refractivity contribution is 9.10. The molecule has 0 fully saturated rings. The van der Waals surface area contributed by atoms with Gasteiger partial charge < -0.3 is 5.32 Å². The van der Waals surface area contributed by atoms with Crippen molar-refractivity contribution < 1.29 is 13.2 Å². The number of aryl methyl sites for hydroxylation is 3. The van der Waals surface area contributed by atoms with Gasteiger partial charge in [-0.25, -0.2) is 8.42 Å². The van der Waals surface area contributed by atoms with E-state index in [1.54, 1.807) is 43.3 Å². The second-order valence-electron chi connectivity index (χ2n) is 6.87. The Balaban J connectivity index is 1.88. The van der Waals surface area contributed by atoms with Crippen molar-refractivity contribution in [1.82, 2.24) is 0 Å². The van der Waals surface area contributed by atoms with Gasteiger partial charge in [-0.3, -0.25) is 9.52 Å². The molecule has 0 bridgehead atoms. The van der Waals surface area contributed by atoms with Crippen molar-refractivity contribution in [1.29, 1.82) is 0 Å². The van der Waals surface area contributed by atoms with Gasteiger partial charge in [0, 0.05) is 21.4 Å². The van der Waals surface area contributed by atoms with Crippen LogP contribution in [-0.2, 0) is 10.0 Å². The summed E-state index contributed by atoms with van der Waals surface area (Å²) in [4.78, 5) is 12.7. The Morgan fingerprint density at radius 2 is 1.62 bits per heavy atom. The highest BCUT2D eigenvalue weighted by atomic mass is 79.9. The maximum atomic E-state index is 12.9. The van der Waals surface area contributed by atoms with Gasteiger partial charge in [0.1, 0.15) is 0 Å². The van der Waals surface area contributed by atoms with Crippen molar-refractivity contribution in [3.63, 3.8) is 0 Å². The molecule has 0 atom stereocenters. The molecule has 3 aromatic rings. The molecule has 0 unspecified atom stereocenters. The molecule has 7 heteroatoms. The molecular weight excluding hydrogens is 452 g/mol. The summed E-state index contributed by atoms with van der Waals surface area (Å²) in [6.45, 7) is 5.51. The summed E-state index contributed by atoms with van der Waals surface area (Å²) in [5, 5.41) is 2.81. The van der Waals surface area contributed by atoms with Gasteiger partial charge in [-0.15, -0.1) is 0 Å². The van der Waals surface area contributed by atoms with Crippen molar-refractivity contribution >= 4 is 43.2 Å². The number of carbonyl (C=O) groups is 1. The van der Waals surface area contributed by atoms with Crippen LogP contribution in [0.25, 0.3) is 0 Å². The fourth-order valence-electron chi connectivity index (χ4n) is 2.88. The molecule has 150 valence electrons. The summed E-state index contributed by atoms with van der Waals surface area (Å²) >= 11 is 3.43. The van der Waals surface area contributed by atoms with E-state index in [0.717, 1.165) is 15.6 Å². The van der Waals surface area contributed by atoms with Gasteiger partial charge in [-0.2, -0.15) is 0 Å². The van der Waals surface area contributed by atoms with E-state index < -0.39 is 10.0 Å². The smallest absolute Gasteiger partial charge is 0.262 e. The molecule has 0 spiro atoms. The van der Waals surface area contributed by atoms with E-state index in [-0.39, 0.29) is 16.4 Å². The Labute approximate surface area is 179 Å². The summed E-state index contributed by atoms with van der Waals surface area (Å²) in [6, 6.07) is 17.2. The lowest BCUT2D eigenvalue weighted by Crippen LogP contribution is -2.17. The fraction of sp³-hybridized carbons (Fsp3) is 0.136. The Morgan fingerprint density at radius 3 is 2.31 bits per heavy atom. The lowest BCUT2D eigenvalue weighted by atomic mass is 10.1. The minimum atomic E-state index is -3.84. The predicted molar refractivity (Wildman–Crippen MR) is 120 cm³/mol. The van der Waals surface area contributed by atoms with E-state index in [1.807, 2.05) is 32.0 Å². The first-order chi connectivity index (χ1) is 13.7. The van der Waals surface area contributed by atoms with E-state index in [9.17, 15) is 13.2 Å². The van der Waals surface area contributed by atoms with Crippen LogP contribution in [0.15, 0.2) is 70.0 Å². The molecule has 0 radical (unpaired) electrons. The molecule has 0 saturated heterocycles. The van der Waals surface area contributed by atoms with E-state index in [4.69, 9.17) is 0 Å². The maximum Gasteiger partial charge on any atom is 0.262 e. The van der Waals surface area contributed by atoms with E-state index >= 15 is 0 Å². The van der Waals surface area contributed by atoms with E-state index in [2.05, 4.69) is 26.0 Å². The standard InChI is InChI=1S/C22H21BrN2O3S/c1-14-5-4-6-19(11-14)25-29(27,28)21-13-17(8-7-15(21)2)22(26)24-18-9-10-20(23)16(3)12-18/h4-13,25H,1-3H3,(H,24,26). The number of anilines is 2. The summed E-state index contributed by atoms with van der Waals surface area (Å²) in [5.41, 5.74) is 3.86. The Hall–Kier alpha value is -2.64. The third kappa shape index (κ3) is 5.05. The van der Waals surface area contributed by atoms with Crippen LogP contribution in [0.2, 0.25) is 0 Å². The fourth-order valence-corrected chi connectivity index (χ4v) is 4.44. The summed E-state index contributed by atoms with van der Waals surface area (Å²) < 4.78 is 29.3. The molecule has 5 nitrogen and oxygen atoms in total. The number of benzene rings is 3. The van der Waals surface area contributed by atoms with Crippen LogP contribution in [0, 0.1) is 20.8 Å². The zero-order valence-electron chi connectivity index (χ0n) is 16.3. The number of hydrogen-bond donors (Lipinski definition) is 2. The molecular formula is C22H21BrN2O3S.